The van der Waals surface area contributed by atoms with Gasteiger partial charge in [0.15, 0.2) is 0 Å². The van der Waals surface area contributed by atoms with E-state index in [2.05, 4.69) is 23.2 Å². The fourth-order valence-corrected chi connectivity index (χ4v) is 4.25. The Bertz CT molecular complexity index is 772. The Morgan fingerprint density at radius 3 is 2.50 bits per heavy atom. The van der Waals surface area contributed by atoms with Gasteiger partial charge >= 0.3 is 0 Å². The summed E-state index contributed by atoms with van der Waals surface area (Å²) in [6.07, 6.45) is 2.42. The quantitative estimate of drug-likeness (QED) is 0.811. The van der Waals surface area contributed by atoms with Crippen molar-refractivity contribution >= 4 is 34.8 Å². The number of para-hydroxylation sites is 1. The Balaban J connectivity index is 1.53. The van der Waals surface area contributed by atoms with Crippen LogP contribution >= 0.6 is 23.2 Å². The summed E-state index contributed by atoms with van der Waals surface area (Å²) < 4.78 is 0. The first kappa shape index (κ1) is 15.8. The third-order valence-corrected chi connectivity index (χ3v) is 5.67. The van der Waals surface area contributed by atoms with Gasteiger partial charge in [-0.05, 0) is 48.6 Å². The Kier molecular flexibility index (Phi) is 4.15. The molecule has 0 N–H and O–H groups in total. The van der Waals surface area contributed by atoms with Gasteiger partial charge in [0, 0.05) is 29.1 Å². The van der Waals surface area contributed by atoms with Crippen LogP contribution in [0.2, 0.25) is 10.0 Å². The van der Waals surface area contributed by atoms with Crippen LogP contribution in [0.1, 0.15) is 17.5 Å². The Morgan fingerprint density at radius 1 is 0.958 bits per heavy atom. The molecule has 2 heterocycles. The molecule has 124 valence electrons. The molecule has 4 rings (SSSR count). The highest BCUT2D eigenvalue weighted by molar-refractivity contribution is 6.36. The SMILES string of the molecule is O=C1C(Cc2c(Cl)cccc2Cl)CCN1N1CCc2ccccc21. The second-order valence-electron chi connectivity index (χ2n) is 6.35. The second kappa shape index (κ2) is 6.30. The molecule has 5 heteroatoms. The van der Waals surface area contributed by atoms with Gasteiger partial charge in [0.2, 0.25) is 5.91 Å². The summed E-state index contributed by atoms with van der Waals surface area (Å²) in [6.45, 7) is 1.62. The number of benzene rings is 2. The van der Waals surface area contributed by atoms with E-state index in [0.29, 0.717) is 16.5 Å². The van der Waals surface area contributed by atoms with Crippen molar-refractivity contribution in [3.8, 4) is 0 Å². The average molecular weight is 361 g/mol. The van der Waals surface area contributed by atoms with Gasteiger partial charge in [-0.1, -0.05) is 47.5 Å². The molecule has 2 aliphatic rings. The molecule has 0 bridgehead atoms. The summed E-state index contributed by atoms with van der Waals surface area (Å²) in [4.78, 5) is 12.9. The number of halogens is 2. The van der Waals surface area contributed by atoms with Gasteiger partial charge in [0.1, 0.15) is 0 Å². The van der Waals surface area contributed by atoms with E-state index in [1.54, 1.807) is 0 Å². The van der Waals surface area contributed by atoms with E-state index in [1.807, 2.05) is 29.3 Å². The van der Waals surface area contributed by atoms with E-state index in [9.17, 15) is 4.79 Å². The van der Waals surface area contributed by atoms with Gasteiger partial charge < -0.3 is 0 Å². The minimum absolute atomic E-state index is 0.0600. The maximum Gasteiger partial charge on any atom is 0.244 e. The lowest BCUT2D eigenvalue weighted by Gasteiger charge is -2.30. The number of nitrogens with zero attached hydrogens (tertiary/aromatic N) is 2. The highest BCUT2D eigenvalue weighted by Gasteiger charge is 2.37. The van der Waals surface area contributed by atoms with Crippen molar-refractivity contribution in [2.24, 2.45) is 5.92 Å². The first-order valence-electron chi connectivity index (χ1n) is 8.25. The molecule has 2 aliphatic heterocycles. The summed E-state index contributed by atoms with van der Waals surface area (Å²) >= 11 is 12.5. The summed E-state index contributed by atoms with van der Waals surface area (Å²) in [5.74, 6) is 0.109. The van der Waals surface area contributed by atoms with Gasteiger partial charge in [-0.2, -0.15) is 0 Å². The topological polar surface area (TPSA) is 23.6 Å². The molecule has 24 heavy (non-hydrogen) atoms. The highest BCUT2D eigenvalue weighted by Crippen LogP contribution is 2.35. The molecule has 1 amide bonds. The number of carbonyl (C=O) groups is 1. The number of hydrazine groups is 1. The normalized spacial score (nSPS) is 19.9. The van der Waals surface area contributed by atoms with Crippen LogP contribution in [0.15, 0.2) is 42.5 Å². The first-order chi connectivity index (χ1) is 11.6. The van der Waals surface area contributed by atoms with E-state index < -0.39 is 0 Å². The van der Waals surface area contributed by atoms with E-state index in [1.165, 1.54) is 5.56 Å². The molecule has 0 aromatic heterocycles. The molecular weight excluding hydrogens is 343 g/mol. The summed E-state index contributed by atoms with van der Waals surface area (Å²) in [5, 5.41) is 5.31. The van der Waals surface area contributed by atoms with E-state index >= 15 is 0 Å². The number of amides is 1. The zero-order chi connectivity index (χ0) is 16.7. The van der Waals surface area contributed by atoms with Crippen molar-refractivity contribution in [3.05, 3.63) is 63.6 Å². The van der Waals surface area contributed by atoms with Gasteiger partial charge in [0.05, 0.1) is 5.69 Å². The zero-order valence-electron chi connectivity index (χ0n) is 13.2. The minimum atomic E-state index is -0.0600. The molecule has 0 aliphatic carbocycles. The summed E-state index contributed by atoms with van der Waals surface area (Å²) in [7, 11) is 0. The van der Waals surface area contributed by atoms with Crippen LogP contribution in [0.4, 0.5) is 5.69 Å². The summed E-state index contributed by atoms with van der Waals surface area (Å²) in [6, 6.07) is 13.8. The number of rotatable bonds is 3. The Labute approximate surface area is 151 Å². The molecule has 2 aromatic rings. The van der Waals surface area contributed by atoms with Crippen molar-refractivity contribution in [2.45, 2.75) is 19.3 Å². The van der Waals surface area contributed by atoms with Gasteiger partial charge in [0.25, 0.3) is 0 Å². The van der Waals surface area contributed by atoms with E-state index in [4.69, 9.17) is 23.2 Å². The maximum atomic E-state index is 12.9. The van der Waals surface area contributed by atoms with Crippen molar-refractivity contribution in [2.75, 3.05) is 18.1 Å². The molecule has 0 saturated carbocycles. The van der Waals surface area contributed by atoms with Gasteiger partial charge in [-0.15, -0.1) is 0 Å². The maximum absolute atomic E-state index is 12.9. The lowest BCUT2D eigenvalue weighted by molar-refractivity contribution is -0.131. The fraction of sp³-hybridized carbons (Fsp3) is 0.316. The number of anilines is 1. The smallest absolute Gasteiger partial charge is 0.244 e. The minimum Gasteiger partial charge on any atom is -0.282 e. The lowest BCUT2D eigenvalue weighted by atomic mass is 9.98. The molecule has 3 nitrogen and oxygen atoms in total. The average Bonchev–Trinajstić information content (AvgIpc) is 3.15. The third-order valence-electron chi connectivity index (χ3n) is 4.96. The number of hydrogen-bond donors (Lipinski definition) is 0. The van der Waals surface area contributed by atoms with Gasteiger partial charge in [-0.3, -0.25) is 14.8 Å². The van der Waals surface area contributed by atoms with Crippen LogP contribution in [0, 0.1) is 5.92 Å². The predicted molar refractivity (Wildman–Crippen MR) is 97.5 cm³/mol. The van der Waals surface area contributed by atoms with Crippen molar-refractivity contribution in [1.82, 2.24) is 5.01 Å². The van der Waals surface area contributed by atoms with Crippen LogP contribution in [-0.2, 0) is 17.6 Å². The Morgan fingerprint density at radius 2 is 1.71 bits per heavy atom. The molecule has 1 atom stereocenters. The zero-order valence-corrected chi connectivity index (χ0v) is 14.7. The standard InChI is InChI=1S/C19H18Cl2N2O/c20-16-5-3-6-17(21)15(16)12-14-9-11-23(19(14)24)22-10-8-13-4-1-2-7-18(13)22/h1-7,14H,8-12H2. The molecule has 0 radical (unpaired) electrons. The highest BCUT2D eigenvalue weighted by atomic mass is 35.5. The number of fused-ring (bicyclic) bond motifs is 1. The van der Waals surface area contributed by atoms with Crippen LogP contribution < -0.4 is 5.01 Å². The van der Waals surface area contributed by atoms with E-state index in [0.717, 1.165) is 37.2 Å². The fourth-order valence-electron chi connectivity index (χ4n) is 3.70. The van der Waals surface area contributed by atoms with Crippen molar-refractivity contribution in [1.29, 1.82) is 0 Å². The molecule has 0 spiro atoms. The monoisotopic (exact) mass is 360 g/mol. The van der Waals surface area contributed by atoms with Crippen LogP contribution in [0.5, 0.6) is 0 Å². The predicted octanol–water partition coefficient (Wildman–Crippen LogP) is 4.36. The molecular formula is C19H18Cl2N2O. The summed E-state index contributed by atoms with van der Waals surface area (Å²) in [5.41, 5.74) is 3.34. The largest absolute Gasteiger partial charge is 0.282 e. The molecule has 1 unspecified atom stereocenters. The number of hydrogen-bond acceptors (Lipinski definition) is 2. The Hall–Kier alpha value is -1.71. The van der Waals surface area contributed by atoms with Crippen molar-refractivity contribution < 1.29 is 4.79 Å². The van der Waals surface area contributed by atoms with Crippen molar-refractivity contribution in [3.63, 3.8) is 0 Å². The van der Waals surface area contributed by atoms with Crippen LogP contribution in [0.3, 0.4) is 0 Å². The van der Waals surface area contributed by atoms with Crippen LogP contribution in [-0.4, -0.2) is 24.0 Å². The molecule has 1 saturated heterocycles. The number of carbonyl (C=O) groups excluding carboxylic acids is 1. The lowest BCUT2D eigenvalue weighted by Crippen LogP contribution is -2.43. The second-order valence-corrected chi connectivity index (χ2v) is 7.17. The molecule has 2 aromatic carbocycles. The third kappa shape index (κ3) is 2.66. The molecule has 1 fully saturated rings. The van der Waals surface area contributed by atoms with Gasteiger partial charge in [-0.25, -0.2) is 0 Å². The first-order valence-corrected chi connectivity index (χ1v) is 9.00. The van der Waals surface area contributed by atoms with Crippen LogP contribution in [0.25, 0.3) is 0 Å². The van der Waals surface area contributed by atoms with E-state index in [-0.39, 0.29) is 11.8 Å².